The molecule has 1 saturated heterocycles. The lowest BCUT2D eigenvalue weighted by Crippen LogP contribution is -2.44. The van der Waals surface area contributed by atoms with Gasteiger partial charge >= 0.3 is 6.01 Å². The van der Waals surface area contributed by atoms with Gasteiger partial charge in [-0.2, -0.15) is 4.98 Å². The number of fused-ring (bicyclic) bond motifs is 1. The van der Waals surface area contributed by atoms with Crippen LogP contribution in [0.25, 0.3) is 5.65 Å². The molecule has 0 aromatic carbocycles. The predicted molar refractivity (Wildman–Crippen MR) is 108 cm³/mol. The Labute approximate surface area is 163 Å². The standard InChI is InChI=1S/C19H26N8O/c1-3-8-28-19-24-16(20)18-23-12-15(27(18)25-19)10-14-9-13(2)17(22-11-14)26-6-4-21-5-7-26/h9,11-12,21H,3-8,10H2,1-2H3,(H2,20,24,25). The molecule has 148 valence electrons. The highest BCUT2D eigenvalue weighted by molar-refractivity contribution is 5.60. The summed E-state index contributed by atoms with van der Waals surface area (Å²) in [5.41, 5.74) is 9.76. The number of imidazole rings is 1. The third-order valence-electron chi connectivity index (χ3n) is 4.78. The topological polar surface area (TPSA) is 106 Å². The van der Waals surface area contributed by atoms with Gasteiger partial charge in [-0.3, -0.25) is 0 Å². The molecule has 0 radical (unpaired) electrons. The first-order chi connectivity index (χ1) is 13.7. The number of nitrogens with zero attached hydrogens (tertiary/aromatic N) is 6. The molecule has 0 bridgehead atoms. The van der Waals surface area contributed by atoms with Gasteiger partial charge in [0.1, 0.15) is 5.82 Å². The summed E-state index contributed by atoms with van der Waals surface area (Å²) in [5, 5.41) is 7.82. The van der Waals surface area contributed by atoms with E-state index in [1.165, 1.54) is 5.56 Å². The molecule has 0 aliphatic carbocycles. The van der Waals surface area contributed by atoms with Crippen molar-refractivity contribution >= 4 is 17.3 Å². The molecule has 3 N–H and O–H groups in total. The first kappa shape index (κ1) is 18.4. The van der Waals surface area contributed by atoms with Gasteiger partial charge in [0.05, 0.1) is 18.5 Å². The van der Waals surface area contributed by atoms with E-state index in [2.05, 4.69) is 38.3 Å². The summed E-state index contributed by atoms with van der Waals surface area (Å²) in [4.78, 5) is 15.6. The number of ether oxygens (including phenoxy) is 1. The van der Waals surface area contributed by atoms with E-state index in [-0.39, 0.29) is 6.01 Å². The maximum atomic E-state index is 6.02. The van der Waals surface area contributed by atoms with Gasteiger partial charge in [-0.15, -0.1) is 5.10 Å². The van der Waals surface area contributed by atoms with Crippen molar-refractivity contribution < 1.29 is 4.74 Å². The average molecular weight is 382 g/mol. The third kappa shape index (κ3) is 3.70. The zero-order valence-corrected chi connectivity index (χ0v) is 16.4. The monoisotopic (exact) mass is 382 g/mol. The first-order valence-electron chi connectivity index (χ1n) is 9.70. The fraction of sp³-hybridized carbons (Fsp3) is 0.474. The Kier molecular flexibility index (Phi) is 5.25. The molecule has 1 aliphatic rings. The van der Waals surface area contributed by atoms with Crippen LogP contribution < -0.4 is 20.7 Å². The van der Waals surface area contributed by atoms with Crippen molar-refractivity contribution in [3.05, 3.63) is 35.3 Å². The zero-order valence-electron chi connectivity index (χ0n) is 16.4. The third-order valence-corrected chi connectivity index (χ3v) is 4.78. The van der Waals surface area contributed by atoms with Crippen LogP contribution in [0, 0.1) is 6.92 Å². The molecular weight excluding hydrogens is 356 g/mol. The molecule has 0 saturated carbocycles. The van der Waals surface area contributed by atoms with Crippen LogP contribution >= 0.6 is 0 Å². The molecule has 0 amide bonds. The second kappa shape index (κ2) is 7.97. The van der Waals surface area contributed by atoms with Gasteiger partial charge in [0.15, 0.2) is 11.5 Å². The van der Waals surface area contributed by atoms with Gasteiger partial charge in [0.2, 0.25) is 0 Å². The quantitative estimate of drug-likeness (QED) is 0.655. The van der Waals surface area contributed by atoms with Gasteiger partial charge in [-0.1, -0.05) is 13.0 Å². The maximum absolute atomic E-state index is 6.02. The number of nitrogens with one attached hydrogen (secondary N) is 1. The molecule has 1 fully saturated rings. The number of pyridine rings is 1. The second-order valence-corrected chi connectivity index (χ2v) is 7.01. The SMILES string of the molecule is CCCOc1nc(N)c2ncc(Cc3cnc(N4CCNCC4)c(C)c3)n2n1. The number of nitrogens with two attached hydrogens (primary N) is 1. The van der Waals surface area contributed by atoms with Crippen LogP contribution in [0.2, 0.25) is 0 Å². The molecule has 9 nitrogen and oxygen atoms in total. The molecule has 3 aromatic heterocycles. The minimum atomic E-state index is 0.273. The summed E-state index contributed by atoms with van der Waals surface area (Å²) in [6.45, 7) is 8.64. The summed E-state index contributed by atoms with van der Waals surface area (Å²) in [6, 6.07) is 2.46. The average Bonchev–Trinajstić information content (AvgIpc) is 3.10. The minimum Gasteiger partial charge on any atom is -0.462 e. The largest absolute Gasteiger partial charge is 0.462 e. The van der Waals surface area contributed by atoms with E-state index >= 15 is 0 Å². The van der Waals surface area contributed by atoms with Gasteiger partial charge in [-0.05, 0) is 24.5 Å². The van der Waals surface area contributed by atoms with Crippen molar-refractivity contribution in [3.8, 4) is 6.01 Å². The highest BCUT2D eigenvalue weighted by Crippen LogP contribution is 2.21. The lowest BCUT2D eigenvalue weighted by molar-refractivity contribution is 0.287. The van der Waals surface area contributed by atoms with Gasteiger partial charge < -0.3 is 20.7 Å². The van der Waals surface area contributed by atoms with Crippen LogP contribution in [0.5, 0.6) is 6.01 Å². The summed E-state index contributed by atoms with van der Waals surface area (Å²) >= 11 is 0. The van der Waals surface area contributed by atoms with Crippen molar-refractivity contribution in [2.24, 2.45) is 0 Å². The Balaban J connectivity index is 1.59. The predicted octanol–water partition coefficient (Wildman–Crippen LogP) is 1.20. The number of hydrogen-bond acceptors (Lipinski definition) is 8. The van der Waals surface area contributed by atoms with Gasteiger partial charge in [0.25, 0.3) is 0 Å². The Hall–Kier alpha value is -2.94. The fourth-order valence-electron chi connectivity index (χ4n) is 3.44. The van der Waals surface area contributed by atoms with Crippen molar-refractivity contribution in [2.75, 3.05) is 43.4 Å². The van der Waals surface area contributed by atoms with E-state index in [1.807, 2.05) is 13.1 Å². The Morgan fingerprint density at radius 3 is 2.79 bits per heavy atom. The van der Waals surface area contributed by atoms with Crippen LogP contribution in [0.4, 0.5) is 11.6 Å². The summed E-state index contributed by atoms with van der Waals surface area (Å²) in [6.07, 6.45) is 5.25. The molecule has 3 aromatic rings. The number of anilines is 2. The molecule has 28 heavy (non-hydrogen) atoms. The van der Waals surface area contributed by atoms with E-state index in [9.17, 15) is 0 Å². The zero-order chi connectivity index (χ0) is 19.5. The van der Waals surface area contributed by atoms with Crippen molar-refractivity contribution in [3.63, 3.8) is 0 Å². The maximum Gasteiger partial charge on any atom is 0.336 e. The van der Waals surface area contributed by atoms with E-state index in [1.54, 1.807) is 10.7 Å². The molecular formula is C19H26N8O. The minimum absolute atomic E-state index is 0.273. The van der Waals surface area contributed by atoms with Crippen molar-refractivity contribution in [1.82, 2.24) is 29.9 Å². The molecule has 1 aliphatic heterocycles. The number of aryl methyl sites for hydroxylation is 1. The lowest BCUT2D eigenvalue weighted by Gasteiger charge is -2.29. The Bertz CT molecular complexity index is 964. The fourth-order valence-corrected chi connectivity index (χ4v) is 3.44. The number of piperazine rings is 1. The van der Waals surface area contributed by atoms with Crippen molar-refractivity contribution in [2.45, 2.75) is 26.7 Å². The lowest BCUT2D eigenvalue weighted by atomic mass is 10.1. The van der Waals surface area contributed by atoms with Crippen LogP contribution in [0.3, 0.4) is 0 Å². The number of aromatic nitrogens is 5. The normalized spacial score (nSPS) is 14.6. The molecule has 0 atom stereocenters. The van der Waals surface area contributed by atoms with Gasteiger partial charge in [-0.25, -0.2) is 14.5 Å². The molecule has 0 spiro atoms. The van der Waals surface area contributed by atoms with E-state index in [0.717, 1.165) is 49.7 Å². The van der Waals surface area contributed by atoms with E-state index in [0.29, 0.717) is 24.5 Å². The Morgan fingerprint density at radius 1 is 1.21 bits per heavy atom. The van der Waals surface area contributed by atoms with Crippen LogP contribution in [-0.4, -0.2) is 57.4 Å². The summed E-state index contributed by atoms with van der Waals surface area (Å²) < 4.78 is 7.26. The van der Waals surface area contributed by atoms with Crippen molar-refractivity contribution in [1.29, 1.82) is 0 Å². The van der Waals surface area contributed by atoms with Crippen LogP contribution in [0.1, 0.15) is 30.2 Å². The molecule has 4 rings (SSSR count). The summed E-state index contributed by atoms with van der Waals surface area (Å²) in [5.74, 6) is 1.38. The smallest absolute Gasteiger partial charge is 0.336 e. The van der Waals surface area contributed by atoms with Crippen LogP contribution in [-0.2, 0) is 6.42 Å². The van der Waals surface area contributed by atoms with Gasteiger partial charge in [0, 0.05) is 38.8 Å². The van der Waals surface area contributed by atoms with E-state index in [4.69, 9.17) is 15.5 Å². The highest BCUT2D eigenvalue weighted by atomic mass is 16.5. The second-order valence-electron chi connectivity index (χ2n) is 7.01. The first-order valence-corrected chi connectivity index (χ1v) is 9.70. The number of rotatable bonds is 6. The number of nitrogen functional groups attached to an aromatic ring is 1. The molecule has 0 unspecified atom stereocenters. The van der Waals surface area contributed by atoms with E-state index < -0.39 is 0 Å². The molecule has 4 heterocycles. The highest BCUT2D eigenvalue weighted by Gasteiger charge is 2.16. The summed E-state index contributed by atoms with van der Waals surface area (Å²) in [7, 11) is 0. The number of hydrogen-bond donors (Lipinski definition) is 2. The molecule has 9 heteroatoms. The Morgan fingerprint density at radius 2 is 2.04 bits per heavy atom. The van der Waals surface area contributed by atoms with Crippen LogP contribution in [0.15, 0.2) is 18.5 Å².